The van der Waals surface area contributed by atoms with Gasteiger partial charge in [-0.05, 0) is 36.6 Å². The van der Waals surface area contributed by atoms with E-state index in [4.69, 9.17) is 4.74 Å². The number of rotatable bonds is 3. The smallest absolute Gasteiger partial charge is 0.126 e. The van der Waals surface area contributed by atoms with Gasteiger partial charge in [-0.2, -0.15) is 0 Å². The number of nitrogens with zero attached hydrogens (tertiary/aromatic N) is 1. The van der Waals surface area contributed by atoms with Gasteiger partial charge >= 0.3 is 0 Å². The molecule has 1 aromatic rings. The molecule has 1 N–H and O–H groups in total. The number of aromatic nitrogens is 1. The minimum Gasteiger partial charge on any atom is -0.377 e. The van der Waals surface area contributed by atoms with Gasteiger partial charge in [0.1, 0.15) is 5.82 Å². The molecule has 0 bridgehead atoms. The van der Waals surface area contributed by atoms with Gasteiger partial charge in [-0.25, -0.2) is 4.98 Å². The van der Waals surface area contributed by atoms with E-state index in [1.54, 1.807) is 0 Å². The summed E-state index contributed by atoms with van der Waals surface area (Å²) in [6.07, 6.45) is 5.09. The molecule has 0 radical (unpaired) electrons. The molecule has 3 nitrogen and oxygen atoms in total. The summed E-state index contributed by atoms with van der Waals surface area (Å²) in [5.41, 5.74) is 2.53. The Labute approximate surface area is 90.2 Å². The van der Waals surface area contributed by atoms with Gasteiger partial charge in [0.05, 0.1) is 13.2 Å². The molecule has 0 saturated carbocycles. The zero-order chi connectivity index (χ0) is 10.5. The van der Waals surface area contributed by atoms with E-state index in [1.165, 1.54) is 11.1 Å². The number of nitrogens with one attached hydrogen (secondary N) is 1. The van der Waals surface area contributed by atoms with E-state index in [0.717, 1.165) is 32.0 Å². The van der Waals surface area contributed by atoms with E-state index < -0.39 is 0 Å². The minimum atomic E-state index is 0.749. The van der Waals surface area contributed by atoms with E-state index in [2.05, 4.69) is 23.3 Å². The van der Waals surface area contributed by atoms with Gasteiger partial charge in [0.2, 0.25) is 0 Å². The molecule has 0 spiro atoms. The third-order valence-electron chi connectivity index (χ3n) is 2.39. The second-order valence-electron chi connectivity index (χ2n) is 3.78. The normalized spacial score (nSPS) is 15.9. The van der Waals surface area contributed by atoms with Crippen LogP contribution < -0.4 is 5.32 Å². The van der Waals surface area contributed by atoms with Crippen molar-refractivity contribution in [3.63, 3.8) is 0 Å². The predicted octanol–water partition coefficient (Wildman–Crippen LogP) is 2.15. The van der Waals surface area contributed by atoms with Crippen molar-refractivity contribution in [3.8, 4) is 0 Å². The lowest BCUT2D eigenvalue weighted by Crippen LogP contribution is -2.14. The minimum absolute atomic E-state index is 0.749. The number of hydrogen-bond donors (Lipinski definition) is 1. The fraction of sp³-hybridized carbons (Fsp3) is 0.417. The Morgan fingerprint density at radius 3 is 3.20 bits per heavy atom. The SMILES string of the molecule is Cc1ccnc(NCC2=CCCOC2)c1. The molecule has 0 unspecified atom stereocenters. The van der Waals surface area contributed by atoms with Crippen molar-refractivity contribution in [2.45, 2.75) is 13.3 Å². The van der Waals surface area contributed by atoms with E-state index in [9.17, 15) is 0 Å². The highest BCUT2D eigenvalue weighted by Crippen LogP contribution is 2.09. The van der Waals surface area contributed by atoms with E-state index in [1.807, 2.05) is 18.3 Å². The van der Waals surface area contributed by atoms with E-state index in [0.29, 0.717) is 0 Å². The highest BCUT2D eigenvalue weighted by Gasteiger charge is 2.03. The lowest BCUT2D eigenvalue weighted by molar-refractivity contribution is 0.150. The molecule has 2 rings (SSSR count). The Morgan fingerprint density at radius 2 is 2.47 bits per heavy atom. The molecule has 1 aromatic heterocycles. The van der Waals surface area contributed by atoms with Gasteiger partial charge in [-0.3, -0.25) is 0 Å². The molecule has 1 aliphatic rings. The second-order valence-corrected chi connectivity index (χ2v) is 3.78. The first-order valence-corrected chi connectivity index (χ1v) is 5.27. The summed E-state index contributed by atoms with van der Waals surface area (Å²) in [5.74, 6) is 0.932. The van der Waals surface area contributed by atoms with Gasteiger partial charge in [0.15, 0.2) is 0 Å². The Hall–Kier alpha value is -1.35. The summed E-state index contributed by atoms with van der Waals surface area (Å²) in [5, 5.41) is 3.30. The fourth-order valence-corrected chi connectivity index (χ4v) is 1.57. The van der Waals surface area contributed by atoms with Crippen molar-refractivity contribution < 1.29 is 4.74 Å². The van der Waals surface area contributed by atoms with Crippen LogP contribution in [0.4, 0.5) is 5.82 Å². The van der Waals surface area contributed by atoms with Crippen molar-refractivity contribution in [3.05, 3.63) is 35.5 Å². The number of anilines is 1. The van der Waals surface area contributed by atoms with Crippen LogP contribution in [0, 0.1) is 6.92 Å². The lowest BCUT2D eigenvalue weighted by Gasteiger charge is -2.14. The average molecular weight is 204 g/mol. The van der Waals surface area contributed by atoms with Crippen molar-refractivity contribution >= 4 is 5.82 Å². The van der Waals surface area contributed by atoms with Crippen LogP contribution in [0.1, 0.15) is 12.0 Å². The summed E-state index contributed by atoms with van der Waals surface area (Å²) in [7, 11) is 0. The van der Waals surface area contributed by atoms with E-state index in [-0.39, 0.29) is 0 Å². The van der Waals surface area contributed by atoms with Crippen LogP contribution in [-0.2, 0) is 4.74 Å². The van der Waals surface area contributed by atoms with Crippen LogP contribution >= 0.6 is 0 Å². The Balaban J connectivity index is 1.90. The molecule has 0 amide bonds. The summed E-state index contributed by atoms with van der Waals surface area (Å²) < 4.78 is 5.37. The molecular weight excluding hydrogens is 188 g/mol. The number of hydrogen-bond acceptors (Lipinski definition) is 3. The molecule has 0 aliphatic carbocycles. The van der Waals surface area contributed by atoms with Crippen LogP contribution in [0.25, 0.3) is 0 Å². The highest BCUT2D eigenvalue weighted by atomic mass is 16.5. The predicted molar refractivity (Wildman–Crippen MR) is 61.0 cm³/mol. The Kier molecular flexibility index (Phi) is 3.35. The second kappa shape index (κ2) is 4.94. The molecule has 15 heavy (non-hydrogen) atoms. The molecule has 80 valence electrons. The largest absolute Gasteiger partial charge is 0.377 e. The first-order chi connectivity index (χ1) is 7.34. The zero-order valence-corrected chi connectivity index (χ0v) is 8.99. The maximum atomic E-state index is 5.37. The maximum Gasteiger partial charge on any atom is 0.126 e. The Morgan fingerprint density at radius 1 is 1.53 bits per heavy atom. The Bertz CT molecular complexity index is 360. The van der Waals surface area contributed by atoms with Gasteiger partial charge in [-0.15, -0.1) is 0 Å². The molecule has 0 aromatic carbocycles. The van der Waals surface area contributed by atoms with Crippen molar-refractivity contribution in [1.29, 1.82) is 0 Å². The molecular formula is C12H16N2O. The molecule has 3 heteroatoms. The molecule has 1 aliphatic heterocycles. The number of aryl methyl sites for hydroxylation is 1. The van der Waals surface area contributed by atoms with Crippen LogP contribution in [0.2, 0.25) is 0 Å². The first-order valence-electron chi connectivity index (χ1n) is 5.27. The summed E-state index contributed by atoms with van der Waals surface area (Å²) in [6, 6.07) is 4.04. The molecule has 0 fully saturated rings. The number of pyridine rings is 1. The van der Waals surface area contributed by atoms with Gasteiger partial charge in [-0.1, -0.05) is 6.08 Å². The third kappa shape index (κ3) is 3.06. The van der Waals surface area contributed by atoms with Crippen molar-refractivity contribution in [2.75, 3.05) is 25.1 Å². The van der Waals surface area contributed by atoms with Crippen LogP contribution in [-0.4, -0.2) is 24.7 Å². The van der Waals surface area contributed by atoms with Gasteiger partial charge in [0, 0.05) is 12.7 Å². The van der Waals surface area contributed by atoms with Crippen LogP contribution in [0.5, 0.6) is 0 Å². The molecule has 2 heterocycles. The summed E-state index contributed by atoms with van der Waals surface area (Å²) >= 11 is 0. The average Bonchev–Trinajstić information content (AvgIpc) is 2.28. The first kappa shape index (κ1) is 10.2. The van der Waals surface area contributed by atoms with Gasteiger partial charge in [0.25, 0.3) is 0 Å². The number of ether oxygens (including phenoxy) is 1. The zero-order valence-electron chi connectivity index (χ0n) is 8.99. The third-order valence-corrected chi connectivity index (χ3v) is 2.39. The molecule has 0 atom stereocenters. The standard InChI is InChI=1S/C12H16N2O/c1-10-4-5-13-12(7-10)14-8-11-3-2-6-15-9-11/h3-5,7H,2,6,8-9H2,1H3,(H,13,14). The topological polar surface area (TPSA) is 34.2 Å². The quantitative estimate of drug-likeness (QED) is 0.766. The van der Waals surface area contributed by atoms with E-state index >= 15 is 0 Å². The van der Waals surface area contributed by atoms with Crippen molar-refractivity contribution in [2.24, 2.45) is 0 Å². The van der Waals surface area contributed by atoms with Gasteiger partial charge < -0.3 is 10.1 Å². The lowest BCUT2D eigenvalue weighted by atomic mass is 10.2. The fourth-order valence-electron chi connectivity index (χ4n) is 1.57. The van der Waals surface area contributed by atoms with Crippen molar-refractivity contribution in [1.82, 2.24) is 4.98 Å². The maximum absolute atomic E-state index is 5.37. The molecule has 0 saturated heterocycles. The van der Waals surface area contributed by atoms with Crippen LogP contribution in [0.3, 0.4) is 0 Å². The monoisotopic (exact) mass is 204 g/mol. The highest BCUT2D eigenvalue weighted by molar-refractivity contribution is 5.38. The summed E-state index contributed by atoms with van der Waals surface area (Å²) in [6.45, 7) is 4.50. The van der Waals surface area contributed by atoms with Crippen LogP contribution in [0.15, 0.2) is 30.0 Å². The summed E-state index contributed by atoms with van der Waals surface area (Å²) in [4.78, 5) is 4.24.